The number of alkyl carbamates (subject to hydrolysis) is 1. The first-order valence-electron chi connectivity index (χ1n) is 13.4. The summed E-state index contributed by atoms with van der Waals surface area (Å²) in [5.41, 5.74) is 7.05. The van der Waals surface area contributed by atoms with E-state index in [9.17, 15) is 23.4 Å². The van der Waals surface area contributed by atoms with Crippen molar-refractivity contribution in [1.29, 1.82) is 0 Å². The van der Waals surface area contributed by atoms with E-state index in [1.165, 1.54) is 28.6 Å². The third kappa shape index (κ3) is 7.49. The number of amides is 1. The highest BCUT2D eigenvalue weighted by molar-refractivity contribution is 7.89. The van der Waals surface area contributed by atoms with E-state index < -0.39 is 40.5 Å². The minimum Gasteiger partial charge on any atom is -0.446 e. The predicted molar refractivity (Wildman–Crippen MR) is 146 cm³/mol. The van der Waals surface area contributed by atoms with Crippen molar-refractivity contribution in [3.63, 3.8) is 0 Å². The first-order chi connectivity index (χ1) is 18.5. The monoisotopic (exact) mass is 561 g/mol. The van der Waals surface area contributed by atoms with Gasteiger partial charge >= 0.3 is 6.09 Å². The summed E-state index contributed by atoms with van der Waals surface area (Å²) < 4.78 is 39.5. The summed E-state index contributed by atoms with van der Waals surface area (Å²) in [7, 11) is -3.94. The van der Waals surface area contributed by atoms with Crippen LogP contribution in [0.5, 0.6) is 0 Å². The molecule has 1 aliphatic carbocycles. The van der Waals surface area contributed by atoms with Gasteiger partial charge in [-0.25, -0.2) is 13.2 Å². The van der Waals surface area contributed by atoms with Crippen LogP contribution in [-0.4, -0.2) is 79.2 Å². The van der Waals surface area contributed by atoms with Gasteiger partial charge in [-0.1, -0.05) is 44.2 Å². The number of carbonyl (C=O) groups excluding carboxylic acids is 1. The van der Waals surface area contributed by atoms with Crippen LogP contribution in [0.4, 0.5) is 10.5 Å². The number of carbonyl (C=O) groups is 1. The highest BCUT2D eigenvalue weighted by atomic mass is 32.2. The van der Waals surface area contributed by atoms with Crippen LogP contribution in [0.1, 0.15) is 32.3 Å². The molecule has 0 unspecified atom stereocenters. The van der Waals surface area contributed by atoms with Crippen LogP contribution in [0.25, 0.3) is 0 Å². The maximum atomic E-state index is 13.5. The van der Waals surface area contributed by atoms with Crippen molar-refractivity contribution in [2.75, 3.05) is 25.4 Å². The number of sulfonamides is 1. The van der Waals surface area contributed by atoms with Gasteiger partial charge in [0, 0.05) is 31.1 Å². The van der Waals surface area contributed by atoms with Crippen molar-refractivity contribution in [1.82, 2.24) is 9.62 Å². The molecule has 0 radical (unpaired) electrons. The zero-order chi connectivity index (χ0) is 28.2. The van der Waals surface area contributed by atoms with Gasteiger partial charge in [-0.2, -0.15) is 4.31 Å². The Kier molecular flexibility index (Phi) is 9.50. The molecular weight excluding hydrogens is 522 g/mol. The van der Waals surface area contributed by atoms with Gasteiger partial charge in [-0.15, -0.1) is 0 Å². The van der Waals surface area contributed by atoms with E-state index in [4.69, 9.17) is 15.2 Å². The third-order valence-electron chi connectivity index (χ3n) is 7.30. The number of nitrogens with two attached hydrogens (primary N) is 1. The smallest absolute Gasteiger partial charge is 0.407 e. The van der Waals surface area contributed by atoms with Crippen LogP contribution in [0, 0.1) is 11.8 Å². The molecule has 0 aromatic heterocycles. The van der Waals surface area contributed by atoms with Crippen molar-refractivity contribution in [2.45, 2.75) is 68.5 Å². The van der Waals surface area contributed by atoms with Gasteiger partial charge in [-0.3, -0.25) is 0 Å². The Bertz CT molecular complexity index is 1190. The van der Waals surface area contributed by atoms with Gasteiger partial charge in [0.05, 0.1) is 35.9 Å². The van der Waals surface area contributed by atoms with E-state index >= 15 is 0 Å². The zero-order valence-electron chi connectivity index (χ0n) is 22.3. The number of nitrogens with one attached hydrogen (secondary N) is 1. The van der Waals surface area contributed by atoms with Gasteiger partial charge in [0.15, 0.2) is 0 Å². The van der Waals surface area contributed by atoms with Crippen molar-refractivity contribution < 1.29 is 32.9 Å². The number of hydrogen-bond acceptors (Lipinski definition) is 8. The van der Waals surface area contributed by atoms with Gasteiger partial charge in [0.1, 0.15) is 6.10 Å². The lowest BCUT2D eigenvalue weighted by molar-refractivity contribution is 0.0426. The summed E-state index contributed by atoms with van der Waals surface area (Å²) >= 11 is 0. The zero-order valence-corrected chi connectivity index (χ0v) is 23.2. The Morgan fingerprint density at radius 1 is 1.13 bits per heavy atom. The summed E-state index contributed by atoms with van der Waals surface area (Å²) in [6.45, 7) is 4.04. The van der Waals surface area contributed by atoms with Gasteiger partial charge in [0.25, 0.3) is 0 Å². The maximum Gasteiger partial charge on any atom is 0.407 e. The van der Waals surface area contributed by atoms with E-state index in [1.807, 2.05) is 44.2 Å². The Hall–Kier alpha value is -2.70. The maximum absolute atomic E-state index is 13.5. The number of ether oxygens (including phenoxy) is 2. The lowest BCUT2D eigenvalue weighted by atomic mass is 10.0. The molecule has 2 aliphatic rings. The molecule has 1 aliphatic heterocycles. The summed E-state index contributed by atoms with van der Waals surface area (Å²) in [6.07, 6.45) is -1.75. The van der Waals surface area contributed by atoms with E-state index in [-0.39, 0.29) is 42.3 Å². The van der Waals surface area contributed by atoms with E-state index in [1.54, 1.807) is 0 Å². The summed E-state index contributed by atoms with van der Waals surface area (Å²) in [5.74, 6) is -0.0673. The fourth-order valence-corrected chi connectivity index (χ4v) is 6.94. The topological polar surface area (TPSA) is 151 Å². The van der Waals surface area contributed by atoms with Crippen molar-refractivity contribution in [3.8, 4) is 0 Å². The number of aliphatic hydroxyl groups is 2. The number of aliphatic hydroxyl groups excluding tert-OH is 2. The molecule has 2 fully saturated rings. The first kappa shape index (κ1) is 29.3. The van der Waals surface area contributed by atoms with Crippen molar-refractivity contribution in [2.24, 2.45) is 11.8 Å². The number of nitrogen functional groups attached to an aromatic ring is 1. The summed E-state index contributed by atoms with van der Waals surface area (Å²) in [4.78, 5) is 13.0. The fourth-order valence-electron chi connectivity index (χ4n) is 5.31. The van der Waals surface area contributed by atoms with Crippen molar-refractivity contribution >= 4 is 21.8 Å². The van der Waals surface area contributed by atoms with Crippen LogP contribution in [0.3, 0.4) is 0 Å². The molecule has 214 valence electrons. The fraction of sp³-hybridized carbons (Fsp3) is 0.536. The molecule has 2 aromatic rings. The minimum absolute atomic E-state index is 0.00866. The molecule has 6 atom stereocenters. The van der Waals surface area contributed by atoms with Gasteiger partial charge in [-0.05, 0) is 48.6 Å². The molecule has 1 heterocycles. The molecule has 1 saturated carbocycles. The van der Waals surface area contributed by atoms with Gasteiger partial charge < -0.3 is 30.7 Å². The van der Waals surface area contributed by atoms with Crippen LogP contribution >= 0.6 is 0 Å². The predicted octanol–water partition coefficient (Wildman–Crippen LogP) is 2.15. The molecule has 39 heavy (non-hydrogen) atoms. The highest BCUT2D eigenvalue weighted by Gasteiger charge is 2.45. The van der Waals surface area contributed by atoms with Crippen LogP contribution in [0.15, 0.2) is 59.5 Å². The van der Waals surface area contributed by atoms with Crippen LogP contribution in [0.2, 0.25) is 0 Å². The van der Waals surface area contributed by atoms with E-state index in [0.29, 0.717) is 25.1 Å². The Morgan fingerprint density at radius 3 is 2.46 bits per heavy atom. The second-order valence-corrected chi connectivity index (χ2v) is 12.8. The SMILES string of the molecule is CC(C)CN(C[C@@H](O)[C@H](Cc1ccccc1)NC(=O)O[C@@H]1C[C@@H]2[C@@H](O)CO[C@@H]2C1)S(=O)(=O)c1ccc(N)cc1. The molecule has 11 heteroatoms. The Balaban J connectivity index is 1.48. The second-order valence-electron chi connectivity index (χ2n) is 10.9. The van der Waals surface area contributed by atoms with Gasteiger partial charge in [0.2, 0.25) is 10.0 Å². The molecule has 1 saturated heterocycles. The molecular formula is C28H39N3O7S. The lowest BCUT2D eigenvalue weighted by Gasteiger charge is -2.31. The Morgan fingerprint density at radius 2 is 1.82 bits per heavy atom. The summed E-state index contributed by atoms with van der Waals surface area (Å²) in [5, 5.41) is 24.2. The highest BCUT2D eigenvalue weighted by Crippen LogP contribution is 2.37. The normalized spacial score (nSPS) is 24.5. The number of anilines is 1. The largest absolute Gasteiger partial charge is 0.446 e. The number of rotatable bonds is 11. The number of benzene rings is 2. The molecule has 1 amide bonds. The first-order valence-corrected chi connectivity index (χ1v) is 14.8. The second kappa shape index (κ2) is 12.6. The third-order valence-corrected chi connectivity index (χ3v) is 9.15. The van der Waals surface area contributed by atoms with Crippen molar-refractivity contribution in [3.05, 3.63) is 60.2 Å². The molecule has 4 rings (SSSR count). The summed E-state index contributed by atoms with van der Waals surface area (Å²) in [6, 6.07) is 14.4. The number of fused-ring (bicyclic) bond motifs is 1. The number of nitrogens with zero attached hydrogens (tertiary/aromatic N) is 1. The minimum atomic E-state index is -3.94. The lowest BCUT2D eigenvalue weighted by Crippen LogP contribution is -2.51. The average Bonchev–Trinajstić information content (AvgIpc) is 3.44. The molecule has 10 nitrogen and oxygen atoms in total. The molecule has 0 spiro atoms. The molecule has 2 aromatic carbocycles. The number of hydrogen-bond donors (Lipinski definition) is 4. The van der Waals surface area contributed by atoms with E-state index in [2.05, 4.69) is 5.32 Å². The molecule has 5 N–H and O–H groups in total. The van der Waals surface area contributed by atoms with Crippen LogP contribution in [-0.2, 0) is 25.9 Å². The molecule has 0 bridgehead atoms. The van der Waals surface area contributed by atoms with E-state index in [0.717, 1.165) is 5.56 Å². The standard InChI is InChI=1S/C28H39N3O7S/c1-18(2)15-31(39(35,36)22-10-8-20(29)9-11-22)16-25(32)24(12-19-6-4-3-5-7-19)30-28(34)38-21-13-23-26(33)17-37-27(23)14-21/h3-11,18,21,23-27,32-33H,12-17,29H2,1-2H3,(H,30,34)/t21-,23-,24+,25-,26+,27-/m1/s1. The van der Waals surface area contributed by atoms with Crippen LogP contribution < -0.4 is 11.1 Å². The Labute approximate surface area is 230 Å². The quantitative estimate of drug-likeness (QED) is 0.305. The average molecular weight is 562 g/mol.